The molecule has 0 aliphatic carbocycles. The minimum atomic E-state index is -0.116. The molecule has 4 nitrogen and oxygen atoms in total. The standard InChI is InChI=1S/C11H12BrN3O/c1-7-3-9(12)4-8(2)11(7)15-6-13-14-10(15)5-16/h3-4,6,16H,5H2,1-2H3. The van der Waals surface area contributed by atoms with E-state index in [1.165, 1.54) is 0 Å². The van der Waals surface area contributed by atoms with Crippen LogP contribution in [0.5, 0.6) is 0 Å². The minimum absolute atomic E-state index is 0.116. The number of rotatable bonds is 2. The third kappa shape index (κ3) is 1.88. The highest BCUT2D eigenvalue weighted by Gasteiger charge is 2.10. The number of hydrogen-bond donors (Lipinski definition) is 1. The van der Waals surface area contributed by atoms with Gasteiger partial charge in [0.1, 0.15) is 12.9 Å². The molecule has 0 aliphatic rings. The van der Waals surface area contributed by atoms with E-state index in [9.17, 15) is 5.11 Å². The number of aliphatic hydroxyl groups excluding tert-OH is 1. The van der Waals surface area contributed by atoms with E-state index in [0.717, 1.165) is 21.3 Å². The van der Waals surface area contributed by atoms with E-state index in [-0.39, 0.29) is 6.61 Å². The van der Waals surface area contributed by atoms with Gasteiger partial charge in [0, 0.05) is 4.47 Å². The van der Waals surface area contributed by atoms with E-state index in [1.807, 2.05) is 30.5 Å². The van der Waals surface area contributed by atoms with Crippen LogP contribution >= 0.6 is 15.9 Å². The fraction of sp³-hybridized carbons (Fsp3) is 0.273. The van der Waals surface area contributed by atoms with Crippen molar-refractivity contribution < 1.29 is 5.11 Å². The average Bonchev–Trinajstić information content (AvgIpc) is 2.64. The molecule has 0 saturated carbocycles. The quantitative estimate of drug-likeness (QED) is 0.918. The van der Waals surface area contributed by atoms with Gasteiger partial charge in [0.15, 0.2) is 5.82 Å². The van der Waals surface area contributed by atoms with Crippen LogP contribution in [-0.4, -0.2) is 19.9 Å². The smallest absolute Gasteiger partial charge is 0.163 e. The molecule has 1 aromatic carbocycles. The van der Waals surface area contributed by atoms with E-state index in [2.05, 4.69) is 26.1 Å². The lowest BCUT2D eigenvalue weighted by atomic mass is 10.1. The van der Waals surface area contributed by atoms with Crippen molar-refractivity contribution >= 4 is 15.9 Å². The second-order valence-corrected chi connectivity index (χ2v) is 4.58. The Bertz CT molecular complexity index is 499. The molecular formula is C11H12BrN3O. The highest BCUT2D eigenvalue weighted by Crippen LogP contribution is 2.24. The summed E-state index contributed by atoms with van der Waals surface area (Å²) < 4.78 is 2.86. The van der Waals surface area contributed by atoms with Crippen LogP contribution in [0.4, 0.5) is 0 Å². The van der Waals surface area contributed by atoms with Gasteiger partial charge in [-0.15, -0.1) is 10.2 Å². The largest absolute Gasteiger partial charge is 0.388 e. The van der Waals surface area contributed by atoms with Gasteiger partial charge in [0.25, 0.3) is 0 Å². The van der Waals surface area contributed by atoms with E-state index in [4.69, 9.17) is 0 Å². The van der Waals surface area contributed by atoms with Crippen molar-refractivity contribution in [3.8, 4) is 5.69 Å². The molecule has 16 heavy (non-hydrogen) atoms. The Morgan fingerprint density at radius 1 is 1.31 bits per heavy atom. The van der Waals surface area contributed by atoms with Crippen LogP contribution in [0.15, 0.2) is 22.9 Å². The summed E-state index contributed by atoms with van der Waals surface area (Å²) in [6.07, 6.45) is 1.62. The first-order chi connectivity index (χ1) is 7.63. The van der Waals surface area contributed by atoms with Crippen LogP contribution in [0.1, 0.15) is 17.0 Å². The summed E-state index contributed by atoms with van der Waals surface area (Å²) in [7, 11) is 0. The monoisotopic (exact) mass is 281 g/mol. The molecule has 1 N–H and O–H groups in total. The second kappa shape index (κ2) is 4.35. The topological polar surface area (TPSA) is 50.9 Å². The lowest BCUT2D eigenvalue weighted by molar-refractivity contribution is 0.269. The summed E-state index contributed by atoms with van der Waals surface area (Å²) in [5, 5.41) is 16.9. The Morgan fingerprint density at radius 2 is 1.94 bits per heavy atom. The van der Waals surface area contributed by atoms with Gasteiger partial charge in [0.2, 0.25) is 0 Å². The fourth-order valence-corrected chi connectivity index (χ4v) is 2.52. The zero-order valence-electron chi connectivity index (χ0n) is 9.11. The molecule has 2 aromatic rings. The van der Waals surface area contributed by atoms with Crippen molar-refractivity contribution in [2.75, 3.05) is 0 Å². The maximum Gasteiger partial charge on any atom is 0.163 e. The molecule has 0 fully saturated rings. The van der Waals surface area contributed by atoms with Crippen molar-refractivity contribution in [3.63, 3.8) is 0 Å². The van der Waals surface area contributed by atoms with Gasteiger partial charge < -0.3 is 5.11 Å². The lowest BCUT2D eigenvalue weighted by Crippen LogP contribution is -2.04. The summed E-state index contributed by atoms with van der Waals surface area (Å²) in [6.45, 7) is 3.93. The normalized spacial score (nSPS) is 10.8. The minimum Gasteiger partial charge on any atom is -0.388 e. The van der Waals surface area contributed by atoms with Crippen LogP contribution in [0.2, 0.25) is 0 Å². The van der Waals surface area contributed by atoms with E-state index < -0.39 is 0 Å². The number of hydrogen-bond acceptors (Lipinski definition) is 3. The number of nitrogens with zero attached hydrogens (tertiary/aromatic N) is 3. The maximum atomic E-state index is 9.17. The molecule has 0 saturated heterocycles. The summed E-state index contributed by atoms with van der Waals surface area (Å²) in [4.78, 5) is 0. The van der Waals surface area contributed by atoms with Crippen LogP contribution in [0.3, 0.4) is 0 Å². The van der Waals surface area contributed by atoms with Gasteiger partial charge >= 0.3 is 0 Å². The van der Waals surface area contributed by atoms with Crippen LogP contribution in [0.25, 0.3) is 5.69 Å². The molecule has 0 spiro atoms. The van der Waals surface area contributed by atoms with Crippen molar-refractivity contribution in [2.24, 2.45) is 0 Å². The Labute approximate surface area is 102 Å². The molecule has 5 heteroatoms. The molecule has 0 aliphatic heterocycles. The predicted octanol–water partition coefficient (Wildman–Crippen LogP) is 2.14. The highest BCUT2D eigenvalue weighted by molar-refractivity contribution is 9.10. The molecule has 0 bridgehead atoms. The molecular weight excluding hydrogens is 270 g/mol. The van der Waals surface area contributed by atoms with Crippen molar-refractivity contribution in [2.45, 2.75) is 20.5 Å². The summed E-state index contributed by atoms with van der Waals surface area (Å²) in [5.74, 6) is 0.550. The molecule has 0 unspecified atom stereocenters. The number of benzene rings is 1. The van der Waals surface area contributed by atoms with Gasteiger partial charge in [-0.25, -0.2) is 0 Å². The molecule has 2 rings (SSSR count). The Kier molecular flexibility index (Phi) is 3.07. The SMILES string of the molecule is Cc1cc(Br)cc(C)c1-n1cnnc1CO. The first kappa shape index (κ1) is 11.3. The number of halogens is 1. The van der Waals surface area contributed by atoms with Crippen LogP contribution in [0, 0.1) is 13.8 Å². The van der Waals surface area contributed by atoms with Gasteiger partial charge in [-0.05, 0) is 37.1 Å². The van der Waals surface area contributed by atoms with E-state index in [0.29, 0.717) is 5.82 Å². The fourth-order valence-electron chi connectivity index (χ4n) is 1.84. The molecule has 84 valence electrons. The van der Waals surface area contributed by atoms with Crippen LogP contribution < -0.4 is 0 Å². The van der Waals surface area contributed by atoms with Crippen molar-refractivity contribution in [3.05, 3.63) is 39.9 Å². The second-order valence-electron chi connectivity index (χ2n) is 3.66. The van der Waals surface area contributed by atoms with Gasteiger partial charge in [-0.3, -0.25) is 4.57 Å². The van der Waals surface area contributed by atoms with Crippen LogP contribution in [-0.2, 0) is 6.61 Å². The molecule has 1 heterocycles. The van der Waals surface area contributed by atoms with Gasteiger partial charge in [0.05, 0.1) is 5.69 Å². The molecule has 0 atom stereocenters. The zero-order chi connectivity index (χ0) is 11.7. The predicted molar refractivity (Wildman–Crippen MR) is 64.5 cm³/mol. The van der Waals surface area contributed by atoms with Crippen molar-refractivity contribution in [1.29, 1.82) is 0 Å². The average molecular weight is 282 g/mol. The number of aromatic nitrogens is 3. The lowest BCUT2D eigenvalue weighted by Gasteiger charge is -2.12. The van der Waals surface area contributed by atoms with Gasteiger partial charge in [-0.1, -0.05) is 15.9 Å². The first-order valence-electron chi connectivity index (χ1n) is 4.90. The van der Waals surface area contributed by atoms with E-state index in [1.54, 1.807) is 6.33 Å². The number of aliphatic hydroxyl groups is 1. The highest BCUT2D eigenvalue weighted by atomic mass is 79.9. The van der Waals surface area contributed by atoms with E-state index >= 15 is 0 Å². The Balaban J connectivity index is 2.64. The first-order valence-corrected chi connectivity index (χ1v) is 5.69. The van der Waals surface area contributed by atoms with Gasteiger partial charge in [-0.2, -0.15) is 0 Å². The Hall–Kier alpha value is -1.20. The molecule has 1 aromatic heterocycles. The third-order valence-corrected chi connectivity index (χ3v) is 2.91. The number of aryl methyl sites for hydroxylation is 2. The summed E-state index contributed by atoms with van der Waals surface area (Å²) in [6, 6.07) is 4.06. The third-order valence-electron chi connectivity index (χ3n) is 2.46. The molecule has 0 amide bonds. The summed E-state index contributed by atoms with van der Waals surface area (Å²) >= 11 is 3.46. The maximum absolute atomic E-state index is 9.17. The Morgan fingerprint density at radius 3 is 2.50 bits per heavy atom. The summed E-state index contributed by atoms with van der Waals surface area (Å²) in [5.41, 5.74) is 3.25. The van der Waals surface area contributed by atoms with Crippen molar-refractivity contribution in [1.82, 2.24) is 14.8 Å². The molecule has 0 radical (unpaired) electrons. The zero-order valence-corrected chi connectivity index (χ0v) is 10.7.